The number of nitro groups is 1. The van der Waals surface area contributed by atoms with Crippen molar-refractivity contribution in [3.8, 4) is 5.75 Å². The Morgan fingerprint density at radius 3 is 2.61 bits per heavy atom. The molecule has 1 amide bonds. The normalized spacial score (nSPS) is 10.7. The molecule has 2 rings (SSSR count). The molecule has 0 radical (unpaired) electrons. The average molecular weight is 338 g/mol. The molecule has 23 heavy (non-hydrogen) atoms. The summed E-state index contributed by atoms with van der Waals surface area (Å²) >= 11 is 5.72. The summed E-state index contributed by atoms with van der Waals surface area (Å²) < 4.78 is 12.8. The van der Waals surface area contributed by atoms with Gasteiger partial charge in [0.25, 0.3) is 5.91 Å². The highest BCUT2D eigenvalue weighted by atomic mass is 35.5. The quantitative estimate of drug-likeness (QED) is 0.508. The van der Waals surface area contributed by atoms with Gasteiger partial charge in [-0.25, -0.2) is 9.82 Å². The van der Waals surface area contributed by atoms with Crippen LogP contribution < -0.4 is 5.43 Å². The smallest absolute Gasteiger partial charge is 0.312 e. The second kappa shape index (κ2) is 6.84. The summed E-state index contributed by atoms with van der Waals surface area (Å²) in [6, 6.07) is 7.00. The molecule has 0 aliphatic carbocycles. The number of hydrogen-bond acceptors (Lipinski definition) is 5. The second-order valence-corrected chi connectivity index (χ2v) is 4.76. The molecule has 0 heterocycles. The first-order valence-electron chi connectivity index (χ1n) is 6.14. The molecule has 0 saturated heterocycles. The largest absolute Gasteiger partial charge is 0.502 e. The summed E-state index contributed by atoms with van der Waals surface area (Å²) in [7, 11) is 0. The summed E-state index contributed by atoms with van der Waals surface area (Å²) in [6.07, 6.45) is 1.01. The molecule has 2 aromatic carbocycles. The standard InChI is InChI=1S/C14H9ClFN3O4/c15-10-5-9(13(20)12(6-10)19(22)23)7-17-18-14(21)8-1-3-11(16)4-2-8/h1-7,20H,(H,18,21)/b17-7+. The first kappa shape index (κ1) is 16.4. The van der Waals surface area contributed by atoms with Gasteiger partial charge in [0.2, 0.25) is 5.75 Å². The zero-order valence-corrected chi connectivity index (χ0v) is 12.1. The number of carbonyl (C=O) groups excluding carboxylic acids is 1. The molecule has 7 nitrogen and oxygen atoms in total. The molecule has 0 aliphatic rings. The van der Waals surface area contributed by atoms with Gasteiger partial charge in [0.05, 0.1) is 11.1 Å². The van der Waals surface area contributed by atoms with Gasteiger partial charge in [-0.15, -0.1) is 0 Å². The third-order valence-electron chi connectivity index (χ3n) is 2.76. The van der Waals surface area contributed by atoms with Gasteiger partial charge < -0.3 is 5.11 Å². The molecule has 0 aromatic heterocycles. The monoisotopic (exact) mass is 337 g/mol. The summed E-state index contributed by atoms with van der Waals surface area (Å²) in [5.41, 5.74) is 1.70. The van der Waals surface area contributed by atoms with Gasteiger partial charge in [0.15, 0.2) is 0 Å². The van der Waals surface area contributed by atoms with E-state index in [-0.39, 0.29) is 16.1 Å². The van der Waals surface area contributed by atoms with Crippen LogP contribution in [0, 0.1) is 15.9 Å². The number of hydrogen-bond donors (Lipinski definition) is 2. The number of amides is 1. The number of halogens is 2. The second-order valence-electron chi connectivity index (χ2n) is 4.33. The number of nitrogens with zero attached hydrogens (tertiary/aromatic N) is 2. The highest BCUT2D eigenvalue weighted by molar-refractivity contribution is 6.31. The lowest BCUT2D eigenvalue weighted by molar-refractivity contribution is -0.385. The van der Waals surface area contributed by atoms with Crippen molar-refractivity contribution in [1.82, 2.24) is 5.43 Å². The van der Waals surface area contributed by atoms with Crippen LogP contribution in [0.3, 0.4) is 0 Å². The first-order chi connectivity index (χ1) is 10.9. The molecule has 0 bridgehead atoms. The van der Waals surface area contributed by atoms with Crippen LogP contribution in [-0.2, 0) is 0 Å². The van der Waals surface area contributed by atoms with E-state index in [0.29, 0.717) is 0 Å². The Morgan fingerprint density at radius 2 is 2.00 bits per heavy atom. The predicted molar refractivity (Wildman–Crippen MR) is 81.2 cm³/mol. The van der Waals surface area contributed by atoms with Crippen LogP contribution in [0.5, 0.6) is 5.75 Å². The number of phenols is 1. The van der Waals surface area contributed by atoms with E-state index in [1.165, 1.54) is 18.2 Å². The van der Waals surface area contributed by atoms with Crippen LogP contribution in [0.4, 0.5) is 10.1 Å². The van der Waals surface area contributed by atoms with Crippen LogP contribution >= 0.6 is 11.6 Å². The van der Waals surface area contributed by atoms with Crippen LogP contribution in [0.15, 0.2) is 41.5 Å². The lowest BCUT2D eigenvalue weighted by atomic mass is 10.2. The van der Waals surface area contributed by atoms with Crippen molar-refractivity contribution >= 4 is 29.4 Å². The first-order valence-corrected chi connectivity index (χ1v) is 6.52. The summed E-state index contributed by atoms with van der Waals surface area (Å²) in [4.78, 5) is 21.7. The fourth-order valence-corrected chi connectivity index (χ4v) is 1.89. The van der Waals surface area contributed by atoms with Crippen LogP contribution in [0.1, 0.15) is 15.9 Å². The minimum absolute atomic E-state index is 0.0285. The van der Waals surface area contributed by atoms with Crippen molar-refractivity contribution in [3.05, 3.63) is 68.5 Å². The van der Waals surface area contributed by atoms with Crippen molar-refractivity contribution in [2.75, 3.05) is 0 Å². The molecule has 118 valence electrons. The van der Waals surface area contributed by atoms with E-state index in [1.54, 1.807) is 0 Å². The summed E-state index contributed by atoms with van der Waals surface area (Å²) in [6.45, 7) is 0. The lowest BCUT2D eigenvalue weighted by Crippen LogP contribution is -2.17. The van der Waals surface area contributed by atoms with Gasteiger partial charge in [0.1, 0.15) is 5.82 Å². The van der Waals surface area contributed by atoms with Gasteiger partial charge in [-0.3, -0.25) is 14.9 Å². The number of carbonyl (C=O) groups is 1. The van der Waals surface area contributed by atoms with Gasteiger partial charge in [0, 0.05) is 22.2 Å². The zero-order valence-electron chi connectivity index (χ0n) is 11.4. The topological polar surface area (TPSA) is 105 Å². The molecule has 0 saturated carbocycles. The fraction of sp³-hybridized carbons (Fsp3) is 0. The van der Waals surface area contributed by atoms with Crippen LogP contribution in [0.25, 0.3) is 0 Å². The number of aromatic hydroxyl groups is 1. The van der Waals surface area contributed by atoms with Crippen LogP contribution in [-0.4, -0.2) is 22.2 Å². The molecule has 0 unspecified atom stereocenters. The van der Waals surface area contributed by atoms with Gasteiger partial charge in [-0.05, 0) is 30.3 Å². The van der Waals surface area contributed by atoms with E-state index in [2.05, 4.69) is 10.5 Å². The third kappa shape index (κ3) is 4.01. The van der Waals surface area contributed by atoms with Gasteiger partial charge in [-0.2, -0.15) is 5.10 Å². The molecule has 2 aromatic rings. The average Bonchev–Trinajstić information content (AvgIpc) is 2.50. The Bertz CT molecular complexity index is 793. The highest BCUT2D eigenvalue weighted by Gasteiger charge is 2.17. The van der Waals surface area contributed by atoms with Gasteiger partial charge >= 0.3 is 5.69 Å². The highest BCUT2D eigenvalue weighted by Crippen LogP contribution is 2.32. The van der Waals surface area contributed by atoms with Crippen molar-refractivity contribution in [3.63, 3.8) is 0 Å². The summed E-state index contributed by atoms with van der Waals surface area (Å²) in [5, 5.41) is 24.1. The number of nitrogens with one attached hydrogen (secondary N) is 1. The molecule has 0 atom stereocenters. The van der Waals surface area contributed by atoms with Crippen LogP contribution in [0.2, 0.25) is 5.02 Å². The Kier molecular flexibility index (Phi) is 4.87. The molecular formula is C14H9ClFN3O4. The minimum atomic E-state index is -0.796. The minimum Gasteiger partial charge on any atom is -0.502 e. The molecule has 0 spiro atoms. The third-order valence-corrected chi connectivity index (χ3v) is 2.98. The SMILES string of the molecule is O=C(N/N=C/c1cc(Cl)cc([N+](=O)[O-])c1O)c1ccc(F)cc1. The number of hydrazone groups is 1. The van der Waals surface area contributed by atoms with E-state index in [1.807, 2.05) is 0 Å². The van der Waals surface area contributed by atoms with Crippen molar-refractivity contribution in [1.29, 1.82) is 0 Å². The fourth-order valence-electron chi connectivity index (χ4n) is 1.67. The van der Waals surface area contributed by atoms with E-state index in [4.69, 9.17) is 11.6 Å². The molecule has 2 N–H and O–H groups in total. The van der Waals surface area contributed by atoms with E-state index in [0.717, 1.165) is 24.4 Å². The number of rotatable bonds is 4. The van der Waals surface area contributed by atoms with Crippen molar-refractivity contribution < 1.29 is 19.2 Å². The maximum atomic E-state index is 12.8. The molecule has 9 heteroatoms. The number of nitro benzene ring substituents is 1. The van der Waals surface area contributed by atoms with E-state index in [9.17, 15) is 24.4 Å². The van der Waals surface area contributed by atoms with Gasteiger partial charge in [-0.1, -0.05) is 11.6 Å². The molecule has 0 fully saturated rings. The number of benzene rings is 2. The Balaban J connectivity index is 2.16. The van der Waals surface area contributed by atoms with Crippen molar-refractivity contribution in [2.24, 2.45) is 5.10 Å². The number of phenolic OH excluding ortho intramolecular Hbond substituents is 1. The zero-order chi connectivity index (χ0) is 17.0. The summed E-state index contributed by atoms with van der Waals surface area (Å²) in [5.74, 6) is -1.72. The van der Waals surface area contributed by atoms with E-state index < -0.39 is 28.1 Å². The van der Waals surface area contributed by atoms with E-state index >= 15 is 0 Å². The maximum Gasteiger partial charge on any atom is 0.312 e. The predicted octanol–water partition coefficient (Wildman–Crippen LogP) is 2.86. The molecular weight excluding hydrogens is 329 g/mol. The Morgan fingerprint density at radius 1 is 1.35 bits per heavy atom. The Labute approximate surface area is 134 Å². The molecule has 0 aliphatic heterocycles. The maximum absolute atomic E-state index is 12.8. The van der Waals surface area contributed by atoms with Crippen molar-refractivity contribution in [2.45, 2.75) is 0 Å². The Hall–Kier alpha value is -3.00. The lowest BCUT2D eigenvalue weighted by Gasteiger charge is -2.02.